The average molecular weight is 466 g/mol. The Kier molecular flexibility index (Phi) is 14.0. The Labute approximate surface area is 191 Å². The van der Waals surface area contributed by atoms with Crippen LogP contribution in [0.1, 0.15) is 66.7 Å². The van der Waals surface area contributed by atoms with Gasteiger partial charge in [-0.05, 0) is 46.5 Å². The molecule has 0 heterocycles. The number of carbonyl (C=O) groups is 3. The number of esters is 3. The summed E-state index contributed by atoms with van der Waals surface area (Å²) >= 11 is 5.54. The summed E-state index contributed by atoms with van der Waals surface area (Å²) in [7, 11) is 0. The molecule has 0 aromatic carbocycles. The highest BCUT2D eigenvalue weighted by Crippen LogP contribution is 2.41. The molecule has 0 rings (SSSR count). The molecule has 3 unspecified atom stereocenters. The van der Waals surface area contributed by atoms with E-state index in [4.69, 9.17) is 31.5 Å². The SMILES string of the molecule is CCCCOC(=O)C(CC)CC(C)(CC(C)(C)C(=O)OCC(O)CCl)C(=O)OCCN. The van der Waals surface area contributed by atoms with Gasteiger partial charge in [0.1, 0.15) is 19.3 Å². The van der Waals surface area contributed by atoms with Crippen molar-refractivity contribution in [2.45, 2.75) is 72.8 Å². The minimum absolute atomic E-state index is 0.0406. The van der Waals surface area contributed by atoms with Gasteiger partial charge >= 0.3 is 17.9 Å². The van der Waals surface area contributed by atoms with Crippen molar-refractivity contribution >= 4 is 29.5 Å². The molecule has 0 aromatic rings. The predicted octanol–water partition coefficient (Wildman–Crippen LogP) is 2.81. The second-order valence-electron chi connectivity index (χ2n) is 8.78. The van der Waals surface area contributed by atoms with Gasteiger partial charge in [0.25, 0.3) is 0 Å². The number of hydrogen-bond acceptors (Lipinski definition) is 8. The van der Waals surface area contributed by atoms with E-state index in [1.807, 2.05) is 13.8 Å². The molecule has 0 saturated heterocycles. The molecule has 0 amide bonds. The molecule has 0 aliphatic heterocycles. The largest absolute Gasteiger partial charge is 0.465 e. The normalized spacial score (nSPS) is 15.5. The van der Waals surface area contributed by atoms with Gasteiger partial charge in [0.15, 0.2) is 0 Å². The number of aliphatic hydroxyl groups is 1. The topological polar surface area (TPSA) is 125 Å². The van der Waals surface area contributed by atoms with Crippen molar-refractivity contribution in [3.63, 3.8) is 0 Å². The summed E-state index contributed by atoms with van der Waals surface area (Å²) in [5, 5.41) is 9.54. The minimum atomic E-state index is -1.15. The third kappa shape index (κ3) is 10.7. The number of aliphatic hydroxyl groups excluding tert-OH is 1. The average Bonchev–Trinajstić information content (AvgIpc) is 2.73. The fourth-order valence-electron chi connectivity index (χ4n) is 3.39. The molecular formula is C22H40ClNO7. The number of hydrogen-bond donors (Lipinski definition) is 2. The van der Waals surface area contributed by atoms with E-state index in [2.05, 4.69) is 0 Å². The van der Waals surface area contributed by atoms with Gasteiger partial charge in [-0.2, -0.15) is 0 Å². The first kappa shape index (κ1) is 29.6. The van der Waals surface area contributed by atoms with Crippen molar-refractivity contribution in [3.05, 3.63) is 0 Å². The molecule has 0 aliphatic rings. The highest BCUT2D eigenvalue weighted by molar-refractivity contribution is 6.18. The molecule has 0 radical (unpaired) electrons. The first-order valence-electron chi connectivity index (χ1n) is 10.9. The van der Waals surface area contributed by atoms with Gasteiger partial charge in [0, 0.05) is 6.54 Å². The van der Waals surface area contributed by atoms with Gasteiger partial charge in [-0.3, -0.25) is 14.4 Å². The number of unbranched alkanes of at least 4 members (excludes halogenated alkanes) is 1. The molecule has 3 N–H and O–H groups in total. The van der Waals surface area contributed by atoms with Crippen molar-refractivity contribution in [2.75, 3.05) is 32.2 Å². The van der Waals surface area contributed by atoms with Crippen LogP contribution in [0.15, 0.2) is 0 Å². The van der Waals surface area contributed by atoms with Crippen molar-refractivity contribution in [3.8, 4) is 0 Å². The molecule has 0 aromatic heterocycles. The Bertz CT molecular complexity index is 570. The van der Waals surface area contributed by atoms with Crippen molar-refractivity contribution in [1.82, 2.24) is 0 Å². The summed E-state index contributed by atoms with van der Waals surface area (Å²) in [6.45, 7) is 9.14. The standard InChI is InChI=1S/C22H40ClNO7/c1-6-8-10-29-18(26)16(7-2)12-22(5,20(28)30-11-9-24)15-21(3,4)19(27)31-14-17(25)13-23/h16-17,25H,6-15,24H2,1-5H3. The van der Waals surface area contributed by atoms with Crippen LogP contribution in [0.4, 0.5) is 0 Å². The van der Waals surface area contributed by atoms with Crippen molar-refractivity contribution in [2.24, 2.45) is 22.5 Å². The molecule has 182 valence electrons. The van der Waals surface area contributed by atoms with Crippen LogP contribution in [0.25, 0.3) is 0 Å². The van der Waals surface area contributed by atoms with E-state index in [9.17, 15) is 19.5 Å². The van der Waals surface area contributed by atoms with Gasteiger partial charge < -0.3 is 25.1 Å². The second-order valence-corrected chi connectivity index (χ2v) is 9.09. The molecule has 0 fully saturated rings. The maximum Gasteiger partial charge on any atom is 0.311 e. The molecular weight excluding hydrogens is 426 g/mol. The van der Waals surface area contributed by atoms with Crippen LogP contribution < -0.4 is 5.73 Å². The number of alkyl halides is 1. The summed E-state index contributed by atoms with van der Waals surface area (Å²) in [6, 6.07) is 0. The molecule has 0 bridgehead atoms. The molecule has 3 atom stereocenters. The molecule has 31 heavy (non-hydrogen) atoms. The van der Waals surface area contributed by atoms with Gasteiger partial charge in [-0.1, -0.05) is 20.3 Å². The zero-order valence-electron chi connectivity index (χ0n) is 19.6. The van der Waals surface area contributed by atoms with E-state index in [1.165, 1.54) is 0 Å². The third-order valence-corrected chi connectivity index (χ3v) is 5.43. The number of ether oxygens (including phenoxy) is 3. The number of halogens is 1. The van der Waals surface area contributed by atoms with Crippen LogP contribution in [0, 0.1) is 16.7 Å². The van der Waals surface area contributed by atoms with Crippen molar-refractivity contribution < 1.29 is 33.7 Å². The first-order chi connectivity index (χ1) is 14.5. The Balaban J connectivity index is 5.52. The number of nitrogens with two attached hydrogens (primary N) is 1. The van der Waals surface area contributed by atoms with E-state index < -0.39 is 34.8 Å². The van der Waals surface area contributed by atoms with Crippen LogP contribution >= 0.6 is 11.6 Å². The predicted molar refractivity (Wildman–Crippen MR) is 118 cm³/mol. The molecule has 8 nitrogen and oxygen atoms in total. The monoisotopic (exact) mass is 465 g/mol. The quantitative estimate of drug-likeness (QED) is 0.154. The number of carbonyl (C=O) groups excluding carboxylic acids is 3. The molecule has 0 spiro atoms. The smallest absolute Gasteiger partial charge is 0.311 e. The molecule has 0 saturated carbocycles. The Morgan fingerprint density at radius 3 is 2.19 bits per heavy atom. The fraction of sp³-hybridized carbons (Fsp3) is 0.864. The van der Waals surface area contributed by atoms with Gasteiger partial charge in [0.2, 0.25) is 0 Å². The molecule has 9 heteroatoms. The van der Waals surface area contributed by atoms with E-state index in [-0.39, 0.29) is 44.4 Å². The Hall–Kier alpha value is -1.38. The van der Waals surface area contributed by atoms with Crippen molar-refractivity contribution in [1.29, 1.82) is 0 Å². The lowest BCUT2D eigenvalue weighted by molar-refractivity contribution is -0.166. The third-order valence-electron chi connectivity index (χ3n) is 5.08. The summed E-state index contributed by atoms with van der Waals surface area (Å²) in [5.41, 5.74) is 3.24. The maximum absolute atomic E-state index is 12.9. The highest BCUT2D eigenvalue weighted by atomic mass is 35.5. The van der Waals surface area contributed by atoms with Crippen LogP contribution in [-0.4, -0.2) is 61.4 Å². The highest BCUT2D eigenvalue weighted by Gasteiger charge is 2.46. The van der Waals surface area contributed by atoms with E-state index in [1.54, 1.807) is 20.8 Å². The van der Waals surface area contributed by atoms with Crippen LogP contribution in [0.5, 0.6) is 0 Å². The van der Waals surface area contributed by atoms with Crippen LogP contribution in [0.3, 0.4) is 0 Å². The van der Waals surface area contributed by atoms with E-state index in [0.717, 1.165) is 12.8 Å². The lowest BCUT2D eigenvalue weighted by atomic mass is 9.69. The van der Waals surface area contributed by atoms with E-state index in [0.29, 0.717) is 13.0 Å². The Morgan fingerprint density at radius 2 is 1.68 bits per heavy atom. The van der Waals surface area contributed by atoms with Gasteiger partial charge in [-0.15, -0.1) is 11.6 Å². The summed E-state index contributed by atoms with van der Waals surface area (Å²) in [4.78, 5) is 38.1. The zero-order chi connectivity index (χ0) is 24.1. The zero-order valence-corrected chi connectivity index (χ0v) is 20.3. The lowest BCUT2D eigenvalue weighted by Crippen LogP contribution is -2.42. The summed E-state index contributed by atoms with van der Waals surface area (Å²) in [5.74, 6) is -2.04. The van der Waals surface area contributed by atoms with Gasteiger partial charge in [-0.25, -0.2) is 0 Å². The lowest BCUT2D eigenvalue weighted by Gasteiger charge is -2.36. The summed E-state index contributed by atoms with van der Waals surface area (Å²) < 4.78 is 15.8. The Morgan fingerprint density at radius 1 is 1.03 bits per heavy atom. The fourth-order valence-corrected chi connectivity index (χ4v) is 3.48. The van der Waals surface area contributed by atoms with Crippen LogP contribution in [-0.2, 0) is 28.6 Å². The van der Waals surface area contributed by atoms with Gasteiger partial charge in [0.05, 0.1) is 29.2 Å². The maximum atomic E-state index is 12.9. The first-order valence-corrected chi connectivity index (χ1v) is 11.5. The number of rotatable bonds is 16. The minimum Gasteiger partial charge on any atom is -0.465 e. The van der Waals surface area contributed by atoms with E-state index >= 15 is 0 Å². The van der Waals surface area contributed by atoms with Crippen LogP contribution in [0.2, 0.25) is 0 Å². The second kappa shape index (κ2) is 14.6. The molecule has 0 aliphatic carbocycles. The summed E-state index contributed by atoms with van der Waals surface area (Å²) in [6.07, 6.45) is 1.44.